The molecule has 0 saturated carbocycles. The maximum absolute atomic E-state index is 6.18. The normalized spacial score (nSPS) is 11.1. The number of hydrogen-bond acceptors (Lipinski definition) is 2. The first kappa shape index (κ1) is 12.3. The topological polar surface area (TPSA) is 43.8 Å². The van der Waals surface area contributed by atoms with Gasteiger partial charge in [-0.3, -0.25) is 4.68 Å². The molecule has 0 amide bonds. The van der Waals surface area contributed by atoms with Crippen molar-refractivity contribution in [2.45, 2.75) is 6.54 Å². The molecule has 0 aliphatic carbocycles. The lowest BCUT2D eigenvalue weighted by atomic mass is 10.2. The Kier molecular flexibility index (Phi) is 3.09. The number of anilines is 1. The highest BCUT2D eigenvalue weighted by Crippen LogP contribution is 2.23. The number of nitrogens with two attached hydrogens (primary N) is 1. The Bertz CT molecular complexity index is 750. The Balaban J connectivity index is 2.03. The number of hydrogen-bond donors (Lipinski definition) is 1. The van der Waals surface area contributed by atoms with E-state index in [2.05, 4.69) is 5.10 Å². The highest BCUT2D eigenvalue weighted by molar-refractivity contribution is 6.35. The number of nitrogens with zero attached hydrogens (tertiary/aromatic N) is 2. The van der Waals surface area contributed by atoms with Crippen LogP contribution in [0.25, 0.3) is 10.9 Å². The van der Waals surface area contributed by atoms with Gasteiger partial charge in [-0.25, -0.2) is 0 Å². The van der Waals surface area contributed by atoms with Crippen LogP contribution < -0.4 is 5.73 Å². The summed E-state index contributed by atoms with van der Waals surface area (Å²) < 4.78 is 1.88. The van der Waals surface area contributed by atoms with Crippen molar-refractivity contribution in [3.8, 4) is 0 Å². The quantitative estimate of drug-likeness (QED) is 0.726. The van der Waals surface area contributed by atoms with Gasteiger partial charge in [0.15, 0.2) is 0 Å². The molecular weight excluding hydrogens is 281 g/mol. The van der Waals surface area contributed by atoms with Gasteiger partial charge in [0.25, 0.3) is 0 Å². The predicted octanol–water partition coefficient (Wildman–Crippen LogP) is 3.97. The predicted molar refractivity (Wildman–Crippen MR) is 79.7 cm³/mol. The molecule has 0 spiro atoms. The first-order valence-electron chi connectivity index (χ1n) is 5.78. The van der Waals surface area contributed by atoms with Gasteiger partial charge in [-0.05, 0) is 35.9 Å². The van der Waals surface area contributed by atoms with Crippen LogP contribution in [-0.4, -0.2) is 9.78 Å². The van der Waals surface area contributed by atoms with Gasteiger partial charge >= 0.3 is 0 Å². The lowest BCUT2D eigenvalue weighted by Crippen LogP contribution is -2.02. The Labute approximate surface area is 120 Å². The van der Waals surface area contributed by atoms with Crippen molar-refractivity contribution >= 4 is 39.8 Å². The van der Waals surface area contributed by atoms with E-state index >= 15 is 0 Å². The third-order valence-electron chi connectivity index (χ3n) is 3.00. The lowest BCUT2D eigenvalue weighted by molar-refractivity contribution is 0.712. The average Bonchev–Trinajstić information content (AvgIpc) is 2.75. The second-order valence-electron chi connectivity index (χ2n) is 4.36. The van der Waals surface area contributed by atoms with Crippen LogP contribution >= 0.6 is 23.2 Å². The third-order valence-corrected chi connectivity index (χ3v) is 3.59. The minimum absolute atomic E-state index is 0.586. The Hall–Kier alpha value is -1.71. The molecule has 0 bridgehead atoms. The molecule has 3 aromatic rings. The molecular formula is C14H11Cl2N3. The minimum atomic E-state index is 0.586. The number of fused-ring (bicyclic) bond motifs is 1. The molecule has 19 heavy (non-hydrogen) atoms. The van der Waals surface area contributed by atoms with Crippen molar-refractivity contribution in [1.82, 2.24) is 9.78 Å². The summed E-state index contributed by atoms with van der Waals surface area (Å²) in [5.41, 5.74) is 8.49. The fraction of sp³-hybridized carbons (Fsp3) is 0.0714. The molecule has 0 radical (unpaired) electrons. The summed E-state index contributed by atoms with van der Waals surface area (Å²) in [4.78, 5) is 0. The fourth-order valence-corrected chi connectivity index (χ4v) is 2.49. The van der Waals surface area contributed by atoms with Gasteiger partial charge in [0.05, 0.1) is 18.3 Å². The number of halogens is 2. The van der Waals surface area contributed by atoms with Crippen LogP contribution in [0.4, 0.5) is 5.69 Å². The molecule has 0 saturated heterocycles. The summed E-state index contributed by atoms with van der Waals surface area (Å²) in [6.45, 7) is 0.586. The van der Waals surface area contributed by atoms with Gasteiger partial charge < -0.3 is 5.73 Å². The number of aromatic nitrogens is 2. The second-order valence-corrected chi connectivity index (χ2v) is 5.20. The maximum atomic E-state index is 6.18. The highest BCUT2D eigenvalue weighted by Gasteiger charge is 2.07. The molecule has 0 aliphatic heterocycles. The van der Waals surface area contributed by atoms with Crippen molar-refractivity contribution in [3.05, 3.63) is 58.2 Å². The standard InChI is InChI=1S/C14H11Cl2N3/c15-11-3-1-10(13(16)5-11)8-19-14-6-12(17)4-2-9(14)7-18-19/h1-7H,8,17H2. The van der Waals surface area contributed by atoms with E-state index < -0.39 is 0 Å². The van der Waals surface area contributed by atoms with E-state index in [0.29, 0.717) is 16.6 Å². The average molecular weight is 292 g/mol. The van der Waals surface area contributed by atoms with E-state index in [1.54, 1.807) is 6.07 Å². The smallest absolute Gasteiger partial charge is 0.0706 e. The van der Waals surface area contributed by atoms with Crippen LogP contribution in [0, 0.1) is 0 Å². The van der Waals surface area contributed by atoms with Crippen molar-refractivity contribution in [2.24, 2.45) is 0 Å². The Morgan fingerprint density at radius 3 is 2.74 bits per heavy atom. The molecule has 5 heteroatoms. The van der Waals surface area contributed by atoms with E-state index in [1.165, 1.54) is 0 Å². The minimum Gasteiger partial charge on any atom is -0.399 e. The van der Waals surface area contributed by atoms with Crippen molar-refractivity contribution in [2.75, 3.05) is 5.73 Å². The molecule has 3 nitrogen and oxygen atoms in total. The maximum Gasteiger partial charge on any atom is 0.0706 e. The van der Waals surface area contributed by atoms with Gasteiger partial charge in [0, 0.05) is 21.1 Å². The largest absolute Gasteiger partial charge is 0.399 e. The van der Waals surface area contributed by atoms with Crippen LogP contribution in [-0.2, 0) is 6.54 Å². The van der Waals surface area contributed by atoms with Crippen LogP contribution in [0.2, 0.25) is 10.0 Å². The van der Waals surface area contributed by atoms with E-state index in [1.807, 2.05) is 41.2 Å². The summed E-state index contributed by atoms with van der Waals surface area (Å²) in [5, 5.41) is 6.69. The SMILES string of the molecule is Nc1ccc2cnn(Cc3ccc(Cl)cc3Cl)c2c1. The molecule has 2 N–H and O–H groups in total. The third kappa shape index (κ3) is 2.39. The molecule has 2 aromatic carbocycles. The first-order chi connectivity index (χ1) is 9.13. The number of nitrogen functional groups attached to an aromatic ring is 1. The summed E-state index contributed by atoms with van der Waals surface area (Å²) in [5.74, 6) is 0. The lowest BCUT2D eigenvalue weighted by Gasteiger charge is -2.07. The van der Waals surface area contributed by atoms with Gasteiger partial charge in [-0.1, -0.05) is 29.3 Å². The van der Waals surface area contributed by atoms with Crippen LogP contribution in [0.3, 0.4) is 0 Å². The zero-order valence-corrected chi connectivity index (χ0v) is 11.5. The molecule has 1 heterocycles. The molecule has 0 unspecified atom stereocenters. The van der Waals surface area contributed by atoms with E-state index in [0.717, 1.165) is 22.2 Å². The summed E-state index contributed by atoms with van der Waals surface area (Å²) in [6.07, 6.45) is 1.82. The summed E-state index contributed by atoms with van der Waals surface area (Å²) >= 11 is 12.1. The molecule has 0 atom stereocenters. The Morgan fingerprint density at radius 2 is 1.95 bits per heavy atom. The van der Waals surface area contributed by atoms with Crippen LogP contribution in [0.1, 0.15) is 5.56 Å². The summed E-state index contributed by atoms with van der Waals surface area (Å²) in [6, 6.07) is 11.2. The van der Waals surface area contributed by atoms with Crippen molar-refractivity contribution < 1.29 is 0 Å². The summed E-state index contributed by atoms with van der Waals surface area (Å²) in [7, 11) is 0. The van der Waals surface area contributed by atoms with Crippen molar-refractivity contribution in [3.63, 3.8) is 0 Å². The van der Waals surface area contributed by atoms with Gasteiger partial charge in [0.2, 0.25) is 0 Å². The van der Waals surface area contributed by atoms with E-state index in [-0.39, 0.29) is 0 Å². The van der Waals surface area contributed by atoms with Gasteiger partial charge in [0.1, 0.15) is 0 Å². The number of rotatable bonds is 2. The van der Waals surface area contributed by atoms with Crippen LogP contribution in [0.5, 0.6) is 0 Å². The van der Waals surface area contributed by atoms with Gasteiger partial charge in [-0.2, -0.15) is 5.10 Å². The molecule has 96 valence electrons. The molecule has 0 aliphatic rings. The zero-order valence-electron chi connectivity index (χ0n) is 9.98. The highest BCUT2D eigenvalue weighted by atomic mass is 35.5. The van der Waals surface area contributed by atoms with Gasteiger partial charge in [-0.15, -0.1) is 0 Å². The van der Waals surface area contributed by atoms with E-state index in [4.69, 9.17) is 28.9 Å². The fourth-order valence-electron chi connectivity index (χ4n) is 2.02. The second kappa shape index (κ2) is 4.76. The van der Waals surface area contributed by atoms with Crippen molar-refractivity contribution in [1.29, 1.82) is 0 Å². The molecule has 1 aromatic heterocycles. The zero-order chi connectivity index (χ0) is 13.4. The van der Waals surface area contributed by atoms with E-state index in [9.17, 15) is 0 Å². The molecule has 3 rings (SSSR count). The first-order valence-corrected chi connectivity index (χ1v) is 6.54. The number of benzene rings is 2. The van der Waals surface area contributed by atoms with Crippen LogP contribution in [0.15, 0.2) is 42.6 Å². The monoisotopic (exact) mass is 291 g/mol. The Morgan fingerprint density at radius 1 is 1.11 bits per heavy atom. The molecule has 0 fully saturated rings.